The van der Waals surface area contributed by atoms with Gasteiger partial charge in [-0.15, -0.1) is 0 Å². The molecule has 2 heteroatoms. The number of nitrogens with zero attached hydrogens (tertiary/aromatic N) is 1. The van der Waals surface area contributed by atoms with Gasteiger partial charge in [-0.1, -0.05) is 100 Å². The Kier molecular flexibility index (Phi) is 5.72. The fraction of sp³-hybridized carbons (Fsp3) is 0.375. The highest BCUT2D eigenvalue weighted by Crippen LogP contribution is 2.89. The highest BCUT2D eigenvalue weighted by molar-refractivity contribution is 5.81. The van der Waals surface area contributed by atoms with Crippen LogP contribution in [0.5, 0.6) is 11.5 Å². The number of fused-ring (bicyclic) bond motifs is 8. The minimum atomic E-state index is 0.102. The molecule has 50 heavy (non-hydrogen) atoms. The summed E-state index contributed by atoms with van der Waals surface area (Å²) in [6, 6.07) is 43.3. The Bertz CT molecular complexity index is 2200. The molecule has 6 atom stereocenters. The molecule has 2 nitrogen and oxygen atoms in total. The van der Waals surface area contributed by atoms with Gasteiger partial charge in [0.2, 0.25) is 0 Å². The first-order valence-corrected chi connectivity index (χ1v) is 19.2. The molecule has 11 rings (SSSR count). The van der Waals surface area contributed by atoms with Gasteiger partial charge in [-0.2, -0.15) is 0 Å². The van der Waals surface area contributed by atoms with Gasteiger partial charge in [-0.3, -0.25) is 0 Å². The van der Waals surface area contributed by atoms with Crippen molar-refractivity contribution in [2.45, 2.75) is 82.5 Å². The molecular formula is C48H47NO. The Labute approximate surface area is 297 Å². The predicted octanol–water partition coefficient (Wildman–Crippen LogP) is 12.6. The molecule has 1 aliphatic heterocycles. The number of benzene rings is 5. The normalized spacial score (nSPS) is 31.0. The highest BCUT2D eigenvalue weighted by atomic mass is 16.5. The average molecular weight is 654 g/mol. The van der Waals surface area contributed by atoms with Crippen molar-refractivity contribution in [1.29, 1.82) is 0 Å². The smallest absolute Gasteiger partial charge is 0.133 e. The van der Waals surface area contributed by atoms with Crippen LogP contribution in [0.4, 0.5) is 17.1 Å². The van der Waals surface area contributed by atoms with Crippen LogP contribution in [0.2, 0.25) is 0 Å². The van der Waals surface area contributed by atoms with Crippen LogP contribution in [0.3, 0.4) is 0 Å². The quantitative estimate of drug-likeness (QED) is 0.191. The molecule has 5 aliphatic carbocycles. The van der Waals surface area contributed by atoms with E-state index in [0.717, 1.165) is 52.2 Å². The van der Waals surface area contributed by atoms with E-state index in [1.165, 1.54) is 71.9 Å². The standard InChI is InChI=1S/C48H47NO/c1-45(2)23-24-46(3,4)44-36(13-10-15-39(44)45)31-17-19-34(20-18-31)49(33-11-6-5-7-12-33)35-21-22-38-41(28-35)50-40-16-9-8-14-37(40)48(38)42-26-30-25-32-27-43(48)47(32,42)29-30/h5-22,28,30,32,42-43H,23-27,29H2,1-4H3. The molecule has 0 N–H and O–H groups in total. The van der Waals surface area contributed by atoms with Crippen LogP contribution in [-0.4, -0.2) is 0 Å². The monoisotopic (exact) mass is 653 g/mol. The van der Waals surface area contributed by atoms with E-state index in [4.69, 9.17) is 4.74 Å². The largest absolute Gasteiger partial charge is 0.457 e. The van der Waals surface area contributed by atoms with Gasteiger partial charge in [0.15, 0.2) is 0 Å². The molecule has 2 bridgehead atoms. The fourth-order valence-electron chi connectivity index (χ4n) is 13.0. The van der Waals surface area contributed by atoms with Crippen molar-refractivity contribution in [2.75, 3.05) is 4.90 Å². The highest BCUT2D eigenvalue weighted by Gasteiger charge is 2.84. The van der Waals surface area contributed by atoms with E-state index in [-0.39, 0.29) is 16.2 Å². The average Bonchev–Trinajstić information content (AvgIpc) is 3.66. The van der Waals surface area contributed by atoms with Gasteiger partial charge in [-0.05, 0) is 137 Å². The summed E-state index contributed by atoms with van der Waals surface area (Å²) in [5.74, 6) is 5.54. The van der Waals surface area contributed by atoms with Crippen LogP contribution in [0.25, 0.3) is 11.1 Å². The molecule has 0 amide bonds. The lowest BCUT2D eigenvalue weighted by Gasteiger charge is -2.77. The molecule has 5 aromatic carbocycles. The van der Waals surface area contributed by atoms with Crippen molar-refractivity contribution in [3.63, 3.8) is 0 Å². The molecule has 0 aromatic heterocycles. The maximum Gasteiger partial charge on any atom is 0.133 e. The zero-order valence-corrected chi connectivity index (χ0v) is 29.9. The van der Waals surface area contributed by atoms with Gasteiger partial charge in [0.1, 0.15) is 11.5 Å². The minimum absolute atomic E-state index is 0.102. The number of hydrogen-bond acceptors (Lipinski definition) is 2. The van der Waals surface area contributed by atoms with E-state index >= 15 is 0 Å². The van der Waals surface area contributed by atoms with Crippen LogP contribution >= 0.6 is 0 Å². The second-order valence-electron chi connectivity index (χ2n) is 18.1. The topological polar surface area (TPSA) is 12.5 Å². The van der Waals surface area contributed by atoms with Crippen LogP contribution < -0.4 is 9.64 Å². The Hall–Kier alpha value is -4.30. The van der Waals surface area contributed by atoms with Crippen LogP contribution in [0, 0.1) is 29.1 Å². The SMILES string of the molecule is CC1(C)CCC(C)(C)c2c(-c3ccc(N(c4ccccc4)c4ccc5c(c4)Oc4ccccc4C54C5CC6CC7CC4C75C6)cc3)cccc21. The van der Waals surface area contributed by atoms with Gasteiger partial charge in [0.25, 0.3) is 0 Å². The van der Waals surface area contributed by atoms with E-state index in [1.807, 2.05) is 0 Å². The molecule has 1 heterocycles. The number of rotatable bonds is 4. The van der Waals surface area contributed by atoms with Crippen LogP contribution in [0.15, 0.2) is 115 Å². The summed E-state index contributed by atoms with van der Waals surface area (Å²) in [5, 5.41) is 0. The summed E-state index contributed by atoms with van der Waals surface area (Å²) in [6.07, 6.45) is 8.18. The number of ether oxygens (including phenoxy) is 1. The number of para-hydroxylation sites is 2. The second-order valence-corrected chi connectivity index (χ2v) is 18.1. The molecule has 5 aromatic rings. The lowest BCUT2D eigenvalue weighted by atomic mass is 9.26. The molecule has 250 valence electrons. The lowest BCUT2D eigenvalue weighted by Crippen LogP contribution is -2.74. The summed E-state index contributed by atoms with van der Waals surface area (Å²) in [4.78, 5) is 2.41. The molecular weight excluding hydrogens is 607 g/mol. The van der Waals surface area contributed by atoms with Crippen molar-refractivity contribution in [3.05, 3.63) is 138 Å². The third-order valence-electron chi connectivity index (χ3n) is 15.0. The zero-order chi connectivity index (χ0) is 33.6. The van der Waals surface area contributed by atoms with E-state index < -0.39 is 0 Å². The predicted molar refractivity (Wildman–Crippen MR) is 204 cm³/mol. The van der Waals surface area contributed by atoms with Crippen molar-refractivity contribution in [1.82, 2.24) is 0 Å². The second kappa shape index (κ2) is 9.72. The van der Waals surface area contributed by atoms with Crippen molar-refractivity contribution in [2.24, 2.45) is 29.1 Å². The molecule has 2 spiro atoms. The van der Waals surface area contributed by atoms with Gasteiger partial charge < -0.3 is 9.64 Å². The third-order valence-corrected chi connectivity index (χ3v) is 15.0. The Morgan fingerprint density at radius 3 is 2.08 bits per heavy atom. The summed E-state index contributed by atoms with van der Waals surface area (Å²) in [6.45, 7) is 9.69. The van der Waals surface area contributed by atoms with Gasteiger partial charge in [0.05, 0.1) is 0 Å². The van der Waals surface area contributed by atoms with Gasteiger partial charge >= 0.3 is 0 Å². The van der Waals surface area contributed by atoms with Gasteiger partial charge in [0, 0.05) is 39.7 Å². The molecule has 0 saturated heterocycles. The molecule has 6 aliphatic rings. The van der Waals surface area contributed by atoms with Crippen molar-refractivity contribution >= 4 is 17.1 Å². The Morgan fingerprint density at radius 2 is 1.26 bits per heavy atom. The maximum atomic E-state index is 6.90. The molecule has 6 unspecified atom stereocenters. The van der Waals surface area contributed by atoms with E-state index in [0.29, 0.717) is 5.41 Å². The van der Waals surface area contributed by atoms with Crippen molar-refractivity contribution < 1.29 is 4.74 Å². The summed E-state index contributed by atoms with van der Waals surface area (Å²) < 4.78 is 6.90. The zero-order valence-electron chi connectivity index (χ0n) is 29.9. The molecule has 4 saturated carbocycles. The fourth-order valence-corrected chi connectivity index (χ4v) is 13.0. The minimum Gasteiger partial charge on any atom is -0.457 e. The maximum absolute atomic E-state index is 6.90. The first-order valence-electron chi connectivity index (χ1n) is 19.2. The first kappa shape index (κ1) is 29.4. The van der Waals surface area contributed by atoms with Crippen molar-refractivity contribution in [3.8, 4) is 22.6 Å². The van der Waals surface area contributed by atoms with Crippen LogP contribution in [-0.2, 0) is 16.2 Å². The first-order chi connectivity index (χ1) is 24.2. The van der Waals surface area contributed by atoms with E-state index in [9.17, 15) is 0 Å². The van der Waals surface area contributed by atoms with Gasteiger partial charge in [-0.25, -0.2) is 0 Å². The molecule has 4 fully saturated rings. The van der Waals surface area contributed by atoms with E-state index in [2.05, 4.69) is 148 Å². The number of hydrogen-bond donors (Lipinski definition) is 0. The molecule has 0 radical (unpaired) electrons. The number of anilines is 3. The van der Waals surface area contributed by atoms with Crippen LogP contribution in [0.1, 0.15) is 88.5 Å². The summed E-state index contributed by atoms with van der Waals surface area (Å²) in [7, 11) is 0. The Balaban J connectivity index is 1.02. The third kappa shape index (κ3) is 3.56. The van der Waals surface area contributed by atoms with E-state index in [1.54, 1.807) is 0 Å². The summed E-state index contributed by atoms with van der Waals surface area (Å²) >= 11 is 0. The Morgan fingerprint density at radius 1 is 0.580 bits per heavy atom. The lowest BCUT2D eigenvalue weighted by molar-refractivity contribution is -0.235. The summed E-state index contributed by atoms with van der Waals surface area (Å²) in [5.41, 5.74) is 13.1.